The van der Waals surface area contributed by atoms with Gasteiger partial charge in [0.15, 0.2) is 9.84 Å². The van der Waals surface area contributed by atoms with Crippen LogP contribution in [0, 0.1) is 0 Å². The average Bonchev–Trinajstić information content (AvgIpc) is 2.64. The van der Waals surface area contributed by atoms with Crippen LogP contribution < -0.4 is 14.8 Å². The maximum atomic E-state index is 11.8. The highest BCUT2D eigenvalue weighted by Crippen LogP contribution is 2.23. The van der Waals surface area contributed by atoms with E-state index in [4.69, 9.17) is 9.47 Å². The summed E-state index contributed by atoms with van der Waals surface area (Å²) in [5, 5.41) is 2.62. The first kappa shape index (κ1) is 14.6. The van der Waals surface area contributed by atoms with E-state index in [1.165, 1.54) is 0 Å². The molecule has 1 aromatic rings. The Hall–Kier alpha value is -1.76. The van der Waals surface area contributed by atoms with Crippen LogP contribution in [0.4, 0.5) is 4.79 Å². The lowest BCUT2D eigenvalue weighted by atomic mass is 10.0. The number of hydrogen-bond acceptors (Lipinski definition) is 5. The van der Waals surface area contributed by atoms with E-state index in [0.29, 0.717) is 17.9 Å². The van der Waals surface area contributed by atoms with Crippen LogP contribution in [0.25, 0.3) is 0 Å². The number of carbonyl (C=O) groups excluding carboxylic acids is 1. The van der Waals surface area contributed by atoms with Crippen LogP contribution in [0.3, 0.4) is 0 Å². The first-order chi connectivity index (χ1) is 9.32. The van der Waals surface area contributed by atoms with Gasteiger partial charge < -0.3 is 14.8 Å². The highest BCUT2D eigenvalue weighted by Gasteiger charge is 2.39. The largest absolute Gasteiger partial charge is 0.497 e. The summed E-state index contributed by atoms with van der Waals surface area (Å²) in [4.78, 5) is 11.8. The van der Waals surface area contributed by atoms with E-state index in [0.717, 1.165) is 0 Å². The molecule has 0 saturated carbocycles. The van der Waals surface area contributed by atoms with Gasteiger partial charge in [-0.25, -0.2) is 13.2 Å². The van der Waals surface area contributed by atoms with Gasteiger partial charge in [-0.2, -0.15) is 0 Å². The SMILES string of the molecule is COc1ccc(OC(=O)NC2(C)CCS(=O)(=O)C2)cc1. The Balaban J connectivity index is 1.95. The monoisotopic (exact) mass is 299 g/mol. The fraction of sp³-hybridized carbons (Fsp3) is 0.462. The van der Waals surface area contributed by atoms with Crippen molar-refractivity contribution in [3.8, 4) is 11.5 Å². The van der Waals surface area contributed by atoms with Gasteiger partial charge in [0, 0.05) is 0 Å². The van der Waals surface area contributed by atoms with Gasteiger partial charge in [-0.05, 0) is 37.6 Å². The van der Waals surface area contributed by atoms with E-state index in [1.807, 2.05) is 0 Å². The van der Waals surface area contributed by atoms with Gasteiger partial charge in [-0.15, -0.1) is 0 Å². The fourth-order valence-electron chi connectivity index (χ4n) is 2.13. The molecule has 0 radical (unpaired) electrons. The number of methoxy groups -OCH3 is 1. The van der Waals surface area contributed by atoms with Crippen LogP contribution in [0.2, 0.25) is 0 Å². The molecule has 1 aliphatic rings. The molecule has 0 bridgehead atoms. The maximum absolute atomic E-state index is 11.8. The molecule has 1 N–H and O–H groups in total. The van der Waals surface area contributed by atoms with Gasteiger partial charge in [0.25, 0.3) is 0 Å². The minimum atomic E-state index is -3.07. The first-order valence-corrected chi connectivity index (χ1v) is 7.99. The van der Waals surface area contributed by atoms with E-state index >= 15 is 0 Å². The van der Waals surface area contributed by atoms with Gasteiger partial charge >= 0.3 is 6.09 Å². The Bertz CT molecular complexity index is 596. The first-order valence-electron chi connectivity index (χ1n) is 6.16. The van der Waals surface area contributed by atoms with Crippen molar-refractivity contribution in [2.45, 2.75) is 18.9 Å². The standard InChI is InChI=1S/C13H17NO5S/c1-13(7-8-20(16,17)9-13)14-12(15)19-11-5-3-10(18-2)4-6-11/h3-6H,7-9H2,1-2H3,(H,14,15). The smallest absolute Gasteiger partial charge is 0.413 e. The molecule has 1 atom stereocenters. The molecule has 6 nitrogen and oxygen atoms in total. The summed E-state index contributed by atoms with van der Waals surface area (Å²) in [6.45, 7) is 1.70. The van der Waals surface area contributed by atoms with Crippen LogP contribution in [0.15, 0.2) is 24.3 Å². The van der Waals surface area contributed by atoms with Crippen LogP contribution in [0.1, 0.15) is 13.3 Å². The van der Waals surface area contributed by atoms with Crippen molar-refractivity contribution in [3.05, 3.63) is 24.3 Å². The number of rotatable bonds is 3. The molecule has 0 spiro atoms. The topological polar surface area (TPSA) is 81.7 Å². The fourth-order valence-corrected chi connectivity index (χ4v) is 4.22. The molecule has 0 aliphatic carbocycles. The zero-order valence-corrected chi connectivity index (χ0v) is 12.2. The van der Waals surface area contributed by atoms with Crippen molar-refractivity contribution in [2.75, 3.05) is 18.6 Å². The van der Waals surface area contributed by atoms with E-state index in [1.54, 1.807) is 38.3 Å². The molecular weight excluding hydrogens is 282 g/mol. The van der Waals surface area contributed by atoms with Crippen LogP contribution in [0.5, 0.6) is 11.5 Å². The lowest BCUT2D eigenvalue weighted by Crippen LogP contribution is -2.48. The Morgan fingerprint density at radius 3 is 2.35 bits per heavy atom. The van der Waals surface area contributed by atoms with E-state index in [-0.39, 0.29) is 11.5 Å². The summed E-state index contributed by atoms with van der Waals surface area (Å²) in [5.41, 5.74) is -0.762. The number of hydrogen-bond donors (Lipinski definition) is 1. The van der Waals surface area contributed by atoms with Gasteiger partial charge in [0.05, 0.1) is 24.2 Å². The molecule has 1 saturated heterocycles. The van der Waals surface area contributed by atoms with Gasteiger partial charge in [-0.1, -0.05) is 0 Å². The second-order valence-electron chi connectivity index (χ2n) is 5.09. The molecule has 110 valence electrons. The molecule has 1 aromatic carbocycles. The van der Waals surface area contributed by atoms with Crippen LogP contribution >= 0.6 is 0 Å². The summed E-state index contributed by atoms with van der Waals surface area (Å²) >= 11 is 0. The predicted molar refractivity (Wildman–Crippen MR) is 73.8 cm³/mol. The highest BCUT2D eigenvalue weighted by molar-refractivity contribution is 7.91. The molecule has 1 amide bonds. The Morgan fingerprint density at radius 2 is 1.85 bits per heavy atom. The highest BCUT2D eigenvalue weighted by atomic mass is 32.2. The summed E-state index contributed by atoms with van der Waals surface area (Å²) in [6, 6.07) is 6.55. The van der Waals surface area contributed by atoms with Crippen molar-refractivity contribution in [1.29, 1.82) is 0 Å². The molecule has 1 unspecified atom stereocenters. The van der Waals surface area contributed by atoms with E-state index < -0.39 is 21.5 Å². The summed E-state index contributed by atoms with van der Waals surface area (Å²) in [5.74, 6) is 1.06. The molecule has 2 rings (SSSR count). The Kier molecular flexibility index (Phi) is 3.89. The zero-order valence-electron chi connectivity index (χ0n) is 11.4. The molecule has 1 aliphatic heterocycles. The average molecular weight is 299 g/mol. The van der Waals surface area contributed by atoms with E-state index in [2.05, 4.69) is 5.32 Å². The van der Waals surface area contributed by atoms with Crippen molar-refractivity contribution in [2.24, 2.45) is 0 Å². The summed E-state index contributed by atoms with van der Waals surface area (Å²) in [6.07, 6.45) is -0.262. The minimum absolute atomic E-state index is 0.0578. The third kappa shape index (κ3) is 3.63. The second kappa shape index (κ2) is 5.32. The lowest BCUT2D eigenvalue weighted by Gasteiger charge is -2.23. The van der Waals surface area contributed by atoms with Crippen molar-refractivity contribution < 1.29 is 22.7 Å². The molecule has 1 heterocycles. The van der Waals surface area contributed by atoms with Crippen molar-refractivity contribution >= 4 is 15.9 Å². The number of carbonyl (C=O) groups is 1. The summed E-state index contributed by atoms with van der Waals surface area (Å²) < 4.78 is 33.0. The normalized spacial score (nSPS) is 24.1. The number of benzene rings is 1. The predicted octanol–water partition coefficient (Wildman–Crippen LogP) is 1.36. The number of ether oxygens (including phenoxy) is 2. The zero-order chi connectivity index (χ0) is 14.8. The maximum Gasteiger partial charge on any atom is 0.413 e. The third-order valence-electron chi connectivity index (χ3n) is 3.18. The Morgan fingerprint density at radius 1 is 1.25 bits per heavy atom. The van der Waals surface area contributed by atoms with Gasteiger partial charge in [0.2, 0.25) is 0 Å². The second-order valence-corrected chi connectivity index (χ2v) is 7.28. The molecule has 0 aromatic heterocycles. The lowest BCUT2D eigenvalue weighted by molar-refractivity contribution is 0.189. The quantitative estimate of drug-likeness (QED) is 0.911. The van der Waals surface area contributed by atoms with Crippen molar-refractivity contribution in [3.63, 3.8) is 0 Å². The van der Waals surface area contributed by atoms with Crippen LogP contribution in [-0.4, -0.2) is 38.7 Å². The molecule has 1 fully saturated rings. The summed E-state index contributed by atoms with van der Waals surface area (Å²) in [7, 11) is -1.52. The van der Waals surface area contributed by atoms with Gasteiger partial charge in [-0.3, -0.25) is 0 Å². The molecular formula is C13H17NO5S. The molecule has 7 heteroatoms. The number of nitrogens with one attached hydrogen (secondary N) is 1. The molecule has 20 heavy (non-hydrogen) atoms. The number of sulfone groups is 1. The minimum Gasteiger partial charge on any atom is -0.497 e. The van der Waals surface area contributed by atoms with Crippen LogP contribution in [-0.2, 0) is 9.84 Å². The van der Waals surface area contributed by atoms with E-state index in [9.17, 15) is 13.2 Å². The number of amides is 1. The Labute approximate surface area is 118 Å². The third-order valence-corrected chi connectivity index (χ3v) is 5.08. The van der Waals surface area contributed by atoms with Gasteiger partial charge in [0.1, 0.15) is 11.5 Å². The van der Waals surface area contributed by atoms with Crippen molar-refractivity contribution in [1.82, 2.24) is 5.32 Å².